The van der Waals surface area contributed by atoms with Gasteiger partial charge in [-0.05, 0) is 39.0 Å². The van der Waals surface area contributed by atoms with Gasteiger partial charge in [-0.3, -0.25) is 0 Å². The van der Waals surface area contributed by atoms with E-state index in [0.29, 0.717) is 0 Å². The Morgan fingerprint density at radius 3 is 1.44 bits per heavy atom. The Kier molecular flexibility index (Phi) is 12.1. The molecule has 0 aromatic heterocycles. The van der Waals surface area contributed by atoms with Crippen LogP contribution in [-0.2, 0) is 0 Å². The molecule has 0 atom stereocenters. The van der Waals surface area contributed by atoms with Crippen LogP contribution in [0.3, 0.4) is 0 Å². The molecule has 0 rings (SSSR count). The summed E-state index contributed by atoms with van der Waals surface area (Å²) in [5, 5.41) is 0. The van der Waals surface area contributed by atoms with Gasteiger partial charge in [-0.2, -0.15) is 0 Å². The van der Waals surface area contributed by atoms with Crippen molar-refractivity contribution >= 4 is 0 Å². The minimum atomic E-state index is -0.335. The van der Waals surface area contributed by atoms with Crippen molar-refractivity contribution in [3.63, 3.8) is 0 Å². The minimum Gasteiger partial charge on any atom is -0.0654 e. The van der Waals surface area contributed by atoms with Crippen LogP contribution in [0, 0.1) is 32.6 Å². The number of hydrogen-bond donors (Lipinski definition) is 0. The molecule has 0 spiro atoms. The summed E-state index contributed by atoms with van der Waals surface area (Å²) in [5.41, 5.74) is -0.335. The summed E-state index contributed by atoms with van der Waals surface area (Å²) >= 11 is 0. The molecule has 0 aliphatic carbocycles. The third-order valence-electron chi connectivity index (χ3n) is 3.39. The summed E-state index contributed by atoms with van der Waals surface area (Å²) in [5.74, 6) is 0. The topological polar surface area (TPSA) is 0 Å². The van der Waals surface area contributed by atoms with Gasteiger partial charge in [0.1, 0.15) is 0 Å². The van der Waals surface area contributed by atoms with Gasteiger partial charge in [-0.15, -0.1) is 0 Å². The largest absolute Gasteiger partial charge is 0.0654 e. The summed E-state index contributed by atoms with van der Waals surface area (Å²) in [7, 11) is 0. The molecule has 0 aliphatic rings. The SMILES string of the molecule is [CH2]C([CH2])([CH2])[CH]CCCCCCCCCCCCC. The number of hydrogen-bond acceptors (Lipinski definition) is 0. The molecule has 0 aromatic carbocycles. The average molecular weight is 250 g/mol. The van der Waals surface area contributed by atoms with Gasteiger partial charge in [0.05, 0.1) is 0 Å². The number of unbranched alkanes of at least 4 members (excludes halogenated alkanes) is 11. The average Bonchev–Trinajstić information content (AvgIpc) is 2.29. The summed E-state index contributed by atoms with van der Waals surface area (Å²) in [6, 6.07) is 0. The van der Waals surface area contributed by atoms with Crippen molar-refractivity contribution < 1.29 is 0 Å². The first-order valence-corrected chi connectivity index (χ1v) is 7.96. The Morgan fingerprint density at radius 1 is 0.667 bits per heavy atom. The second-order valence-electron chi connectivity index (χ2n) is 5.89. The van der Waals surface area contributed by atoms with Crippen molar-refractivity contribution in [2.75, 3.05) is 0 Å². The Balaban J connectivity index is 2.99. The third kappa shape index (κ3) is 16.0. The van der Waals surface area contributed by atoms with E-state index < -0.39 is 0 Å². The smallest absolute Gasteiger partial charge is 0.0266 e. The van der Waals surface area contributed by atoms with Crippen molar-refractivity contribution in [1.82, 2.24) is 0 Å². The molecule has 0 unspecified atom stereocenters. The van der Waals surface area contributed by atoms with Crippen LogP contribution in [-0.4, -0.2) is 0 Å². The fraction of sp³-hybridized carbons (Fsp3) is 0.778. The molecule has 0 nitrogen and oxygen atoms in total. The van der Waals surface area contributed by atoms with Gasteiger partial charge in [0.25, 0.3) is 0 Å². The van der Waals surface area contributed by atoms with Crippen molar-refractivity contribution in [1.29, 1.82) is 0 Å². The molecule has 0 N–H and O–H groups in total. The fourth-order valence-electron chi connectivity index (χ4n) is 2.22. The molecule has 0 heteroatoms. The van der Waals surface area contributed by atoms with Gasteiger partial charge >= 0.3 is 0 Å². The normalized spacial score (nSPS) is 12.0. The monoisotopic (exact) mass is 250 g/mol. The fourth-order valence-corrected chi connectivity index (χ4v) is 2.22. The first-order valence-electron chi connectivity index (χ1n) is 7.96. The highest BCUT2D eigenvalue weighted by Gasteiger charge is 2.09. The van der Waals surface area contributed by atoms with Gasteiger partial charge in [0, 0.05) is 0 Å². The first kappa shape index (κ1) is 18.0. The van der Waals surface area contributed by atoms with Crippen molar-refractivity contribution in [3.05, 3.63) is 27.2 Å². The van der Waals surface area contributed by atoms with E-state index in [4.69, 9.17) is 0 Å². The predicted molar refractivity (Wildman–Crippen MR) is 83.9 cm³/mol. The molecular weight excluding hydrogens is 216 g/mol. The lowest BCUT2D eigenvalue weighted by Crippen LogP contribution is -2.06. The molecule has 0 bridgehead atoms. The highest BCUT2D eigenvalue weighted by molar-refractivity contribution is 4.98. The Bertz CT molecular complexity index is 152. The highest BCUT2D eigenvalue weighted by Crippen LogP contribution is 2.20. The molecule has 0 amide bonds. The van der Waals surface area contributed by atoms with Crippen LogP contribution in [0.5, 0.6) is 0 Å². The lowest BCUT2D eigenvalue weighted by molar-refractivity contribution is 0.542. The maximum absolute atomic E-state index is 3.88. The van der Waals surface area contributed by atoms with E-state index in [2.05, 4.69) is 34.1 Å². The molecule has 0 heterocycles. The van der Waals surface area contributed by atoms with Crippen LogP contribution in [0.1, 0.15) is 84.0 Å². The molecule has 0 saturated carbocycles. The third-order valence-corrected chi connectivity index (χ3v) is 3.39. The standard InChI is InChI=1S/C18H34/c1-5-6-7-8-9-10-11-12-13-14-15-16-17-18(2,3)4/h17H,2-16H2,1H3. The van der Waals surface area contributed by atoms with Crippen molar-refractivity contribution in [2.45, 2.75) is 84.0 Å². The molecule has 4 radical (unpaired) electrons. The van der Waals surface area contributed by atoms with Crippen LogP contribution >= 0.6 is 0 Å². The summed E-state index contributed by atoms with van der Waals surface area (Å²) in [6.45, 7) is 13.9. The Labute approximate surface area is 117 Å². The molecule has 106 valence electrons. The van der Waals surface area contributed by atoms with Gasteiger partial charge in [-0.1, -0.05) is 77.6 Å². The zero-order valence-corrected chi connectivity index (χ0v) is 12.7. The van der Waals surface area contributed by atoms with Crippen LogP contribution < -0.4 is 0 Å². The van der Waals surface area contributed by atoms with E-state index in [-0.39, 0.29) is 5.41 Å². The maximum atomic E-state index is 3.88. The predicted octanol–water partition coefficient (Wildman–Crippen LogP) is 6.38. The number of rotatable bonds is 13. The van der Waals surface area contributed by atoms with E-state index in [1.165, 1.54) is 70.6 Å². The van der Waals surface area contributed by atoms with E-state index in [9.17, 15) is 0 Å². The molecular formula is C18H34. The molecule has 0 fully saturated rings. The lowest BCUT2D eigenvalue weighted by Gasteiger charge is -2.16. The first-order chi connectivity index (χ1) is 8.56. The summed E-state index contributed by atoms with van der Waals surface area (Å²) < 4.78 is 0. The molecule has 0 aromatic rings. The lowest BCUT2D eigenvalue weighted by atomic mass is 9.89. The van der Waals surface area contributed by atoms with Gasteiger partial charge in [-0.25, -0.2) is 0 Å². The second-order valence-corrected chi connectivity index (χ2v) is 5.89. The summed E-state index contributed by atoms with van der Waals surface area (Å²) in [6.07, 6.45) is 18.7. The van der Waals surface area contributed by atoms with Gasteiger partial charge < -0.3 is 0 Å². The van der Waals surface area contributed by atoms with E-state index >= 15 is 0 Å². The van der Waals surface area contributed by atoms with Gasteiger partial charge in [0.15, 0.2) is 0 Å². The van der Waals surface area contributed by atoms with E-state index in [1.807, 2.05) is 0 Å². The van der Waals surface area contributed by atoms with Crippen LogP contribution in [0.15, 0.2) is 0 Å². The Hall–Kier alpha value is 0. The van der Waals surface area contributed by atoms with Crippen molar-refractivity contribution in [3.8, 4) is 0 Å². The van der Waals surface area contributed by atoms with Crippen LogP contribution in [0.2, 0.25) is 0 Å². The maximum Gasteiger partial charge on any atom is -0.0266 e. The quantitative estimate of drug-likeness (QED) is 0.333. The van der Waals surface area contributed by atoms with Crippen molar-refractivity contribution in [2.24, 2.45) is 5.41 Å². The zero-order chi connectivity index (χ0) is 13.7. The second kappa shape index (κ2) is 12.1. The van der Waals surface area contributed by atoms with Crippen LogP contribution in [0.4, 0.5) is 0 Å². The zero-order valence-electron chi connectivity index (χ0n) is 12.7. The molecule has 0 aliphatic heterocycles. The molecule has 18 heavy (non-hydrogen) atoms. The van der Waals surface area contributed by atoms with Crippen LogP contribution in [0.25, 0.3) is 0 Å². The van der Waals surface area contributed by atoms with E-state index in [0.717, 1.165) is 6.42 Å². The summed E-state index contributed by atoms with van der Waals surface area (Å²) in [4.78, 5) is 0. The minimum absolute atomic E-state index is 0.335. The highest BCUT2D eigenvalue weighted by atomic mass is 14.1. The van der Waals surface area contributed by atoms with Gasteiger partial charge in [0.2, 0.25) is 0 Å². The molecule has 0 saturated heterocycles. The Morgan fingerprint density at radius 2 is 1.06 bits per heavy atom. The van der Waals surface area contributed by atoms with E-state index in [1.54, 1.807) is 0 Å².